The lowest BCUT2D eigenvalue weighted by molar-refractivity contribution is -0.224. The first-order valence-electron chi connectivity index (χ1n) is 14.9. The van der Waals surface area contributed by atoms with Crippen LogP contribution in [0.15, 0.2) is 0 Å². The first-order chi connectivity index (χ1) is 18.3. The molecule has 4 rings (SSSR count). The van der Waals surface area contributed by atoms with Crippen LogP contribution < -0.4 is 0 Å². The molecular weight excluding hydrogens is 500 g/mol. The summed E-state index contributed by atoms with van der Waals surface area (Å²) in [7, 11) is 1.42. The van der Waals surface area contributed by atoms with Crippen molar-refractivity contribution in [2.75, 3.05) is 7.11 Å². The molecule has 4 saturated carbocycles. The molecule has 0 heterocycles. The first kappa shape index (κ1) is 29.9. The van der Waals surface area contributed by atoms with Gasteiger partial charge in [0.1, 0.15) is 18.3 Å². The summed E-state index contributed by atoms with van der Waals surface area (Å²) in [5, 5.41) is 0. The SMILES string of the molecule is COC(=O)CC[C@H](C)[C@H]1CC[C@H]2[C@@H]3[C@H](OC(C)=O)C[C@H]4C[C@@H](OC(C)=O)CC[C@]4(C)[C@H]3C[C@@H](OC(C)=O)[C@]12C. The second-order valence-corrected chi connectivity index (χ2v) is 13.4. The molecule has 0 unspecified atom stereocenters. The van der Waals surface area contributed by atoms with Gasteiger partial charge in [-0.25, -0.2) is 0 Å². The molecule has 0 saturated heterocycles. The Balaban J connectivity index is 1.70. The highest BCUT2D eigenvalue weighted by molar-refractivity contribution is 5.69. The van der Waals surface area contributed by atoms with Crippen molar-refractivity contribution < 1.29 is 38.1 Å². The van der Waals surface area contributed by atoms with Crippen molar-refractivity contribution in [3.05, 3.63) is 0 Å². The van der Waals surface area contributed by atoms with Crippen LogP contribution in [0, 0.1) is 46.3 Å². The number of carbonyl (C=O) groups excluding carboxylic acids is 4. The normalized spacial score (nSPS) is 41.7. The van der Waals surface area contributed by atoms with Crippen LogP contribution in [0.5, 0.6) is 0 Å². The van der Waals surface area contributed by atoms with Crippen molar-refractivity contribution in [2.24, 2.45) is 46.3 Å². The van der Waals surface area contributed by atoms with E-state index >= 15 is 0 Å². The van der Waals surface area contributed by atoms with Crippen molar-refractivity contribution in [1.29, 1.82) is 0 Å². The molecule has 0 aromatic heterocycles. The number of esters is 4. The minimum atomic E-state index is -0.279. The fourth-order valence-electron chi connectivity index (χ4n) is 9.77. The van der Waals surface area contributed by atoms with Crippen LogP contribution in [0.4, 0.5) is 0 Å². The van der Waals surface area contributed by atoms with Gasteiger partial charge in [-0.05, 0) is 86.4 Å². The molecule has 0 bridgehead atoms. The fraction of sp³-hybridized carbons (Fsp3) is 0.871. The Hall–Kier alpha value is -2.12. The van der Waals surface area contributed by atoms with E-state index in [4.69, 9.17) is 18.9 Å². The topological polar surface area (TPSA) is 105 Å². The minimum Gasteiger partial charge on any atom is -0.469 e. The molecule has 0 aromatic rings. The average molecular weight is 549 g/mol. The number of methoxy groups -OCH3 is 1. The maximum Gasteiger partial charge on any atom is 0.305 e. The van der Waals surface area contributed by atoms with E-state index in [0.717, 1.165) is 51.4 Å². The summed E-state index contributed by atoms with van der Waals surface area (Å²) in [6, 6.07) is 0. The highest BCUT2D eigenvalue weighted by Crippen LogP contribution is 2.69. The van der Waals surface area contributed by atoms with Crippen LogP contribution in [-0.2, 0) is 38.1 Å². The van der Waals surface area contributed by atoms with E-state index in [2.05, 4.69) is 20.8 Å². The van der Waals surface area contributed by atoms with E-state index in [1.54, 1.807) is 0 Å². The van der Waals surface area contributed by atoms with Gasteiger partial charge in [0.2, 0.25) is 0 Å². The maximum absolute atomic E-state index is 12.5. The van der Waals surface area contributed by atoms with Crippen molar-refractivity contribution in [1.82, 2.24) is 0 Å². The fourth-order valence-corrected chi connectivity index (χ4v) is 9.77. The Kier molecular flexibility index (Phi) is 8.73. The summed E-state index contributed by atoms with van der Waals surface area (Å²) in [5.41, 5.74) is -0.300. The molecule has 8 heteroatoms. The van der Waals surface area contributed by atoms with Gasteiger partial charge < -0.3 is 18.9 Å². The predicted octanol–water partition coefficient (Wildman–Crippen LogP) is 5.25. The number of rotatable bonds is 7. The van der Waals surface area contributed by atoms with Gasteiger partial charge in [0.25, 0.3) is 0 Å². The Bertz CT molecular complexity index is 962. The summed E-state index contributed by atoms with van der Waals surface area (Å²) >= 11 is 0. The third kappa shape index (κ3) is 5.58. The molecule has 0 N–H and O–H groups in total. The smallest absolute Gasteiger partial charge is 0.305 e. The molecule has 39 heavy (non-hydrogen) atoms. The summed E-state index contributed by atoms with van der Waals surface area (Å²) in [4.78, 5) is 48.5. The zero-order chi connectivity index (χ0) is 28.7. The molecule has 11 atom stereocenters. The third-order valence-electron chi connectivity index (χ3n) is 11.4. The minimum absolute atomic E-state index is 0.0215. The Labute approximate surface area is 233 Å². The van der Waals surface area contributed by atoms with Crippen LogP contribution in [0.3, 0.4) is 0 Å². The van der Waals surface area contributed by atoms with Crippen molar-refractivity contribution >= 4 is 23.9 Å². The Morgan fingerprint density at radius 2 is 1.51 bits per heavy atom. The molecular formula is C31H48O8. The van der Waals surface area contributed by atoms with Gasteiger partial charge in [0.15, 0.2) is 0 Å². The molecule has 0 amide bonds. The monoisotopic (exact) mass is 548 g/mol. The van der Waals surface area contributed by atoms with Gasteiger partial charge in [0, 0.05) is 38.5 Å². The van der Waals surface area contributed by atoms with Gasteiger partial charge >= 0.3 is 23.9 Å². The molecule has 8 nitrogen and oxygen atoms in total. The van der Waals surface area contributed by atoms with Gasteiger partial charge in [-0.3, -0.25) is 19.2 Å². The standard InChI is InChI=1S/C31H48O8/c1-17(8-11-28(35)36-7)23-9-10-24-29-25(16-27(31(23,24)6)39-20(4)34)30(5)13-12-22(37-18(2)32)14-21(30)15-26(29)38-19(3)33/h17,21-27,29H,8-16H2,1-7H3/t17-,21+,22-,23+,24-,25-,26+,27+,29-,30-,31+/m0/s1. The zero-order valence-corrected chi connectivity index (χ0v) is 24.8. The van der Waals surface area contributed by atoms with Gasteiger partial charge in [0.05, 0.1) is 7.11 Å². The third-order valence-corrected chi connectivity index (χ3v) is 11.4. The molecule has 220 valence electrons. The van der Waals surface area contributed by atoms with Crippen molar-refractivity contribution in [3.63, 3.8) is 0 Å². The van der Waals surface area contributed by atoms with E-state index in [9.17, 15) is 19.2 Å². The number of hydrogen-bond acceptors (Lipinski definition) is 8. The zero-order valence-electron chi connectivity index (χ0n) is 24.8. The van der Waals surface area contributed by atoms with Gasteiger partial charge in [-0.15, -0.1) is 0 Å². The lowest BCUT2D eigenvalue weighted by Crippen LogP contribution is -2.63. The number of ether oxygens (including phenoxy) is 4. The number of carbonyl (C=O) groups is 4. The quantitative estimate of drug-likeness (QED) is 0.314. The molecule has 4 fully saturated rings. The lowest BCUT2D eigenvalue weighted by atomic mass is 9.43. The molecule has 4 aliphatic rings. The van der Waals surface area contributed by atoms with Crippen LogP contribution in [0.25, 0.3) is 0 Å². The average Bonchev–Trinajstić information content (AvgIpc) is 3.20. The highest BCUT2D eigenvalue weighted by Gasteiger charge is 2.67. The molecule has 0 aliphatic heterocycles. The molecule has 0 spiro atoms. The maximum atomic E-state index is 12.5. The molecule has 0 aromatic carbocycles. The van der Waals surface area contributed by atoms with Crippen molar-refractivity contribution in [2.45, 2.75) is 118 Å². The highest BCUT2D eigenvalue weighted by atomic mass is 16.6. The predicted molar refractivity (Wildman–Crippen MR) is 143 cm³/mol. The van der Waals surface area contributed by atoms with Crippen LogP contribution in [0.2, 0.25) is 0 Å². The number of hydrogen-bond donors (Lipinski definition) is 0. The van der Waals surface area contributed by atoms with E-state index in [0.29, 0.717) is 6.42 Å². The van der Waals surface area contributed by atoms with E-state index < -0.39 is 0 Å². The van der Waals surface area contributed by atoms with E-state index in [1.807, 2.05) is 0 Å². The van der Waals surface area contributed by atoms with Crippen LogP contribution in [-0.4, -0.2) is 49.3 Å². The lowest BCUT2D eigenvalue weighted by Gasteiger charge is -2.64. The Morgan fingerprint density at radius 1 is 0.846 bits per heavy atom. The second-order valence-electron chi connectivity index (χ2n) is 13.4. The van der Waals surface area contributed by atoms with Crippen molar-refractivity contribution in [3.8, 4) is 0 Å². The van der Waals surface area contributed by atoms with Gasteiger partial charge in [-0.1, -0.05) is 20.8 Å². The molecule has 4 aliphatic carbocycles. The van der Waals surface area contributed by atoms with E-state index in [1.165, 1.54) is 27.9 Å². The van der Waals surface area contributed by atoms with Crippen LogP contribution in [0.1, 0.15) is 99.3 Å². The summed E-state index contributed by atoms with van der Waals surface area (Å²) in [6.45, 7) is 11.3. The van der Waals surface area contributed by atoms with Gasteiger partial charge in [-0.2, -0.15) is 0 Å². The summed E-state index contributed by atoms with van der Waals surface area (Å²) in [5.74, 6) is 0.438. The molecule has 0 radical (unpaired) electrons. The number of fused-ring (bicyclic) bond motifs is 5. The Morgan fingerprint density at radius 3 is 2.13 bits per heavy atom. The summed E-state index contributed by atoms with van der Waals surface area (Å²) in [6.07, 6.45) is 6.53. The second kappa shape index (κ2) is 11.4. The van der Waals surface area contributed by atoms with Crippen LogP contribution >= 0.6 is 0 Å². The first-order valence-corrected chi connectivity index (χ1v) is 14.9. The summed E-state index contributed by atoms with van der Waals surface area (Å²) < 4.78 is 22.8. The largest absolute Gasteiger partial charge is 0.469 e. The van der Waals surface area contributed by atoms with E-state index in [-0.39, 0.29) is 88.5 Å².